The molecule has 5 heteroatoms. The molecule has 0 spiro atoms. The van der Waals surface area contributed by atoms with Crippen molar-refractivity contribution in [3.63, 3.8) is 0 Å². The van der Waals surface area contributed by atoms with Crippen molar-refractivity contribution < 1.29 is 4.79 Å². The molecular weight excluding hydrogens is 268 g/mol. The summed E-state index contributed by atoms with van der Waals surface area (Å²) in [5, 5.41) is 0.540. The van der Waals surface area contributed by atoms with Crippen LogP contribution in [0.5, 0.6) is 0 Å². The summed E-state index contributed by atoms with van der Waals surface area (Å²) >= 11 is 0. The van der Waals surface area contributed by atoms with E-state index in [0.717, 1.165) is 32.0 Å². The van der Waals surface area contributed by atoms with E-state index in [9.17, 15) is 14.4 Å². The number of carbonyl (C=O) groups is 1. The van der Waals surface area contributed by atoms with E-state index < -0.39 is 0 Å². The number of aromatic amines is 1. The van der Waals surface area contributed by atoms with Crippen LogP contribution in [0.4, 0.5) is 0 Å². The number of para-hydroxylation sites is 1. The smallest absolute Gasteiger partial charge is 0.307 e. The fourth-order valence-corrected chi connectivity index (χ4v) is 3.13. The van der Waals surface area contributed by atoms with Gasteiger partial charge in [0.1, 0.15) is 6.29 Å². The van der Waals surface area contributed by atoms with Crippen LogP contribution in [-0.2, 0) is 11.3 Å². The molecule has 1 saturated carbocycles. The summed E-state index contributed by atoms with van der Waals surface area (Å²) in [5.41, 5.74) is -0.00325. The molecular formula is C16H18N2O3. The molecule has 3 rings (SSSR count). The maximum atomic E-state index is 12.4. The Morgan fingerprint density at radius 1 is 1.14 bits per heavy atom. The topological polar surface area (TPSA) is 71.9 Å². The predicted octanol–water partition coefficient (Wildman–Crippen LogP) is 1.70. The first-order valence-electron chi connectivity index (χ1n) is 7.36. The number of nitrogens with zero attached hydrogens (tertiary/aromatic N) is 1. The van der Waals surface area contributed by atoms with Gasteiger partial charge in [-0.25, -0.2) is 4.79 Å². The van der Waals surface area contributed by atoms with Crippen LogP contribution in [-0.4, -0.2) is 15.8 Å². The van der Waals surface area contributed by atoms with E-state index in [2.05, 4.69) is 4.98 Å². The summed E-state index contributed by atoms with van der Waals surface area (Å²) in [6.45, 7) is 0.435. The number of H-pyrrole nitrogens is 1. The van der Waals surface area contributed by atoms with Crippen LogP contribution < -0.4 is 11.2 Å². The molecule has 1 aromatic heterocycles. The summed E-state index contributed by atoms with van der Waals surface area (Å²) in [7, 11) is 0. The van der Waals surface area contributed by atoms with Gasteiger partial charge in [-0.15, -0.1) is 0 Å². The van der Waals surface area contributed by atoms with Crippen molar-refractivity contribution in [2.24, 2.45) is 11.8 Å². The van der Waals surface area contributed by atoms with Crippen molar-refractivity contribution in [2.75, 3.05) is 0 Å². The van der Waals surface area contributed by atoms with Gasteiger partial charge in [0.05, 0.1) is 10.9 Å². The van der Waals surface area contributed by atoms with Crippen molar-refractivity contribution in [3.8, 4) is 0 Å². The van der Waals surface area contributed by atoms with Gasteiger partial charge >= 0.3 is 5.69 Å². The zero-order valence-electron chi connectivity index (χ0n) is 11.7. The monoisotopic (exact) mass is 286 g/mol. The first-order valence-corrected chi connectivity index (χ1v) is 7.36. The Morgan fingerprint density at radius 2 is 1.86 bits per heavy atom. The number of nitrogens with one attached hydrogen (secondary N) is 1. The Kier molecular flexibility index (Phi) is 3.73. The zero-order chi connectivity index (χ0) is 14.8. The van der Waals surface area contributed by atoms with Gasteiger partial charge in [0.15, 0.2) is 0 Å². The summed E-state index contributed by atoms with van der Waals surface area (Å²) < 4.78 is 1.30. The third kappa shape index (κ3) is 2.68. The van der Waals surface area contributed by atoms with Crippen molar-refractivity contribution in [3.05, 3.63) is 45.1 Å². The number of rotatable bonds is 3. The van der Waals surface area contributed by atoms with Crippen LogP contribution in [0, 0.1) is 11.8 Å². The highest BCUT2D eigenvalue weighted by Gasteiger charge is 2.22. The van der Waals surface area contributed by atoms with Gasteiger partial charge in [-0.05, 0) is 43.7 Å². The van der Waals surface area contributed by atoms with Crippen LogP contribution >= 0.6 is 0 Å². The molecule has 1 aromatic carbocycles. The van der Waals surface area contributed by atoms with Crippen LogP contribution in [0.2, 0.25) is 0 Å². The lowest BCUT2D eigenvalue weighted by molar-refractivity contribution is -0.112. The molecule has 21 heavy (non-hydrogen) atoms. The summed E-state index contributed by atoms with van der Waals surface area (Å²) in [6.07, 6.45) is 4.51. The lowest BCUT2D eigenvalue weighted by Crippen LogP contribution is -2.37. The molecule has 110 valence electrons. The van der Waals surface area contributed by atoms with Gasteiger partial charge in [-0.2, -0.15) is 0 Å². The fraction of sp³-hybridized carbons (Fsp3) is 0.438. The van der Waals surface area contributed by atoms with Gasteiger partial charge in [0.25, 0.3) is 5.56 Å². The fourth-order valence-electron chi connectivity index (χ4n) is 3.13. The summed E-state index contributed by atoms with van der Waals surface area (Å²) in [4.78, 5) is 38.1. The SMILES string of the molecule is O=CC1CCC(Cn2c(=O)[nH]c3ccccc3c2=O)CC1. The molecule has 0 bridgehead atoms. The second-order valence-electron chi connectivity index (χ2n) is 5.81. The Hall–Kier alpha value is -2.17. The minimum atomic E-state index is -0.351. The average Bonchev–Trinajstić information content (AvgIpc) is 2.52. The first kappa shape index (κ1) is 13.8. The van der Waals surface area contributed by atoms with Gasteiger partial charge in [-0.1, -0.05) is 12.1 Å². The van der Waals surface area contributed by atoms with Crippen molar-refractivity contribution in [1.29, 1.82) is 0 Å². The highest BCUT2D eigenvalue weighted by molar-refractivity contribution is 5.76. The van der Waals surface area contributed by atoms with Gasteiger partial charge in [0.2, 0.25) is 0 Å². The van der Waals surface area contributed by atoms with Crippen molar-refractivity contribution >= 4 is 17.2 Å². The van der Waals surface area contributed by atoms with Crippen molar-refractivity contribution in [1.82, 2.24) is 9.55 Å². The molecule has 0 amide bonds. The number of carbonyl (C=O) groups excluding carboxylic acids is 1. The van der Waals surface area contributed by atoms with Crippen LogP contribution in [0.1, 0.15) is 25.7 Å². The van der Waals surface area contributed by atoms with Crippen LogP contribution in [0.15, 0.2) is 33.9 Å². The Bertz CT molecular complexity index is 767. The van der Waals surface area contributed by atoms with Crippen LogP contribution in [0.25, 0.3) is 10.9 Å². The molecule has 1 heterocycles. The predicted molar refractivity (Wildman–Crippen MR) is 80.3 cm³/mol. The van der Waals surface area contributed by atoms with E-state index in [1.807, 2.05) is 0 Å². The molecule has 5 nitrogen and oxygen atoms in total. The van der Waals surface area contributed by atoms with E-state index >= 15 is 0 Å². The highest BCUT2D eigenvalue weighted by atomic mass is 16.2. The van der Waals surface area contributed by atoms with Crippen molar-refractivity contribution in [2.45, 2.75) is 32.2 Å². The summed E-state index contributed by atoms with van der Waals surface area (Å²) in [5.74, 6) is 0.439. The van der Waals surface area contributed by atoms with E-state index in [0.29, 0.717) is 23.4 Å². The number of fused-ring (bicyclic) bond motifs is 1. The molecule has 0 saturated heterocycles. The molecule has 0 unspecified atom stereocenters. The average molecular weight is 286 g/mol. The quantitative estimate of drug-likeness (QED) is 0.873. The molecule has 0 atom stereocenters. The molecule has 1 aliphatic carbocycles. The Morgan fingerprint density at radius 3 is 2.57 bits per heavy atom. The molecule has 1 fully saturated rings. The molecule has 1 aliphatic rings. The van der Waals surface area contributed by atoms with Gasteiger partial charge < -0.3 is 9.78 Å². The molecule has 0 aliphatic heterocycles. The van der Waals surface area contributed by atoms with E-state index in [-0.39, 0.29) is 17.2 Å². The third-order valence-corrected chi connectivity index (χ3v) is 4.41. The molecule has 2 aromatic rings. The number of aldehydes is 1. The van der Waals surface area contributed by atoms with E-state index in [4.69, 9.17) is 0 Å². The minimum Gasteiger partial charge on any atom is -0.307 e. The minimum absolute atomic E-state index is 0.146. The maximum absolute atomic E-state index is 12.4. The standard InChI is InChI=1S/C16H18N2O3/c19-10-12-7-5-11(6-8-12)9-18-15(20)13-3-1-2-4-14(13)17-16(18)21/h1-4,10-12H,5-9H2,(H,17,21). The Labute approximate surface area is 121 Å². The number of benzene rings is 1. The summed E-state index contributed by atoms with van der Waals surface area (Å²) in [6, 6.07) is 7.05. The first-order chi connectivity index (χ1) is 10.2. The number of hydrogen-bond donors (Lipinski definition) is 1. The lowest BCUT2D eigenvalue weighted by atomic mass is 9.83. The normalized spacial score (nSPS) is 22.3. The largest absolute Gasteiger partial charge is 0.328 e. The lowest BCUT2D eigenvalue weighted by Gasteiger charge is -2.25. The number of hydrogen-bond acceptors (Lipinski definition) is 3. The Balaban J connectivity index is 1.89. The third-order valence-electron chi connectivity index (χ3n) is 4.41. The maximum Gasteiger partial charge on any atom is 0.328 e. The van der Waals surface area contributed by atoms with Gasteiger partial charge in [-0.3, -0.25) is 9.36 Å². The number of aromatic nitrogens is 2. The van der Waals surface area contributed by atoms with Gasteiger partial charge in [0, 0.05) is 12.5 Å². The van der Waals surface area contributed by atoms with E-state index in [1.54, 1.807) is 24.3 Å². The molecule has 1 N–H and O–H groups in total. The second kappa shape index (κ2) is 5.68. The van der Waals surface area contributed by atoms with E-state index in [1.165, 1.54) is 4.57 Å². The van der Waals surface area contributed by atoms with Crippen LogP contribution in [0.3, 0.4) is 0 Å². The highest BCUT2D eigenvalue weighted by Crippen LogP contribution is 2.28. The second-order valence-corrected chi connectivity index (χ2v) is 5.81. The molecule has 0 radical (unpaired) electrons. The zero-order valence-corrected chi connectivity index (χ0v) is 11.7.